The molecule has 9 heteroatoms. The summed E-state index contributed by atoms with van der Waals surface area (Å²) < 4.78 is 20.5. The highest BCUT2D eigenvalue weighted by Gasteiger charge is 2.20. The summed E-state index contributed by atoms with van der Waals surface area (Å²) in [6.07, 6.45) is 1.21. The van der Waals surface area contributed by atoms with Gasteiger partial charge in [-0.15, -0.1) is 0 Å². The van der Waals surface area contributed by atoms with Crippen LogP contribution in [-0.4, -0.2) is 51.6 Å². The van der Waals surface area contributed by atoms with E-state index in [2.05, 4.69) is 10.5 Å². The minimum absolute atomic E-state index is 0.0603. The molecule has 2 rings (SSSR count). The van der Waals surface area contributed by atoms with E-state index in [4.69, 9.17) is 18.9 Å². The van der Waals surface area contributed by atoms with Crippen molar-refractivity contribution in [3.05, 3.63) is 47.0 Å². The molecule has 0 saturated heterocycles. The highest BCUT2D eigenvalue weighted by Crippen LogP contribution is 2.33. The van der Waals surface area contributed by atoms with Gasteiger partial charge in [0.2, 0.25) is 0 Å². The zero-order valence-electron chi connectivity index (χ0n) is 15.8. The van der Waals surface area contributed by atoms with Gasteiger partial charge in [-0.1, -0.05) is 0 Å². The highest BCUT2D eigenvalue weighted by atomic mass is 16.5. The number of benzene rings is 2. The molecule has 2 aromatic rings. The lowest BCUT2D eigenvalue weighted by molar-refractivity contribution is 0.0692. The third kappa shape index (κ3) is 4.32. The lowest BCUT2D eigenvalue weighted by Gasteiger charge is -2.12. The minimum atomic E-state index is -1.22. The van der Waals surface area contributed by atoms with Crippen LogP contribution < -0.4 is 24.4 Å². The number of methoxy groups -OCH3 is 4. The van der Waals surface area contributed by atoms with Gasteiger partial charge >= 0.3 is 5.97 Å². The maximum absolute atomic E-state index is 12.3. The molecule has 2 N–H and O–H groups in total. The van der Waals surface area contributed by atoms with Gasteiger partial charge in [0.1, 0.15) is 5.56 Å². The second kappa shape index (κ2) is 9.26. The summed E-state index contributed by atoms with van der Waals surface area (Å²) in [4.78, 5) is 23.9. The van der Waals surface area contributed by atoms with Crippen molar-refractivity contribution in [2.75, 3.05) is 28.4 Å². The molecular formula is C19H20N2O7. The molecule has 0 atom stereocenters. The summed E-state index contributed by atoms with van der Waals surface area (Å²) in [5, 5.41) is 13.3. The fourth-order valence-corrected chi connectivity index (χ4v) is 2.47. The minimum Gasteiger partial charge on any atom is -0.493 e. The van der Waals surface area contributed by atoms with Crippen LogP contribution in [-0.2, 0) is 0 Å². The van der Waals surface area contributed by atoms with Gasteiger partial charge < -0.3 is 24.1 Å². The van der Waals surface area contributed by atoms with Gasteiger partial charge in [0.05, 0.1) is 34.7 Å². The quantitative estimate of drug-likeness (QED) is 0.526. The van der Waals surface area contributed by atoms with Crippen molar-refractivity contribution >= 4 is 18.1 Å². The second-order valence-electron chi connectivity index (χ2n) is 5.34. The van der Waals surface area contributed by atoms with Crippen molar-refractivity contribution in [3.8, 4) is 23.0 Å². The molecule has 0 aromatic heterocycles. The lowest BCUT2D eigenvalue weighted by Crippen LogP contribution is -2.18. The SMILES string of the molecule is COc1ccc(C(=O)NN=Cc2ccc(OC)c(OC)c2C(=O)O)cc1OC. The Hall–Kier alpha value is -3.75. The number of rotatable bonds is 8. The first-order valence-corrected chi connectivity index (χ1v) is 8.00. The van der Waals surface area contributed by atoms with Gasteiger partial charge in [-0.2, -0.15) is 5.10 Å². The Kier molecular flexibility index (Phi) is 6.80. The molecule has 0 fully saturated rings. The monoisotopic (exact) mass is 388 g/mol. The van der Waals surface area contributed by atoms with Gasteiger partial charge in [0, 0.05) is 11.1 Å². The molecule has 148 valence electrons. The lowest BCUT2D eigenvalue weighted by atomic mass is 10.1. The second-order valence-corrected chi connectivity index (χ2v) is 5.34. The van der Waals surface area contributed by atoms with E-state index in [-0.39, 0.29) is 22.6 Å². The van der Waals surface area contributed by atoms with E-state index < -0.39 is 11.9 Å². The third-order valence-electron chi connectivity index (χ3n) is 3.81. The Labute approximate surface area is 161 Å². The number of hydrazone groups is 1. The van der Waals surface area contributed by atoms with Crippen LogP contribution in [0.1, 0.15) is 26.3 Å². The first-order valence-electron chi connectivity index (χ1n) is 8.00. The molecule has 0 spiro atoms. The number of carboxylic acids is 1. The molecule has 0 saturated carbocycles. The summed E-state index contributed by atoms with van der Waals surface area (Å²) in [6, 6.07) is 7.68. The van der Waals surface area contributed by atoms with Crippen LogP contribution in [0, 0.1) is 0 Å². The number of carbonyl (C=O) groups is 2. The molecule has 28 heavy (non-hydrogen) atoms. The maximum Gasteiger partial charge on any atom is 0.340 e. The fraction of sp³-hybridized carbons (Fsp3) is 0.211. The summed E-state index contributed by atoms with van der Waals surface area (Å²) >= 11 is 0. The van der Waals surface area contributed by atoms with Crippen LogP contribution in [0.3, 0.4) is 0 Å². The number of nitrogens with zero attached hydrogens (tertiary/aromatic N) is 1. The van der Waals surface area contributed by atoms with Crippen LogP contribution in [0.15, 0.2) is 35.4 Å². The Morgan fingerprint density at radius 1 is 0.929 bits per heavy atom. The fourth-order valence-electron chi connectivity index (χ4n) is 2.47. The first kappa shape index (κ1) is 20.6. The van der Waals surface area contributed by atoms with E-state index in [9.17, 15) is 14.7 Å². The van der Waals surface area contributed by atoms with Gasteiger partial charge in [-0.05, 0) is 30.3 Å². The molecule has 0 radical (unpaired) electrons. The Bertz CT molecular complexity index is 909. The van der Waals surface area contributed by atoms with E-state index in [1.54, 1.807) is 18.2 Å². The van der Waals surface area contributed by atoms with E-state index in [0.717, 1.165) is 0 Å². The number of carboxylic acid groups (broad SMARTS) is 1. The summed E-state index contributed by atoms with van der Waals surface area (Å²) in [5.74, 6) is -0.513. The van der Waals surface area contributed by atoms with E-state index in [0.29, 0.717) is 17.1 Å². The predicted octanol–water partition coefficient (Wildman–Crippen LogP) is 2.18. The Morgan fingerprint density at radius 3 is 2.14 bits per heavy atom. The van der Waals surface area contributed by atoms with Gasteiger partial charge in [-0.25, -0.2) is 10.2 Å². The number of hydrogen-bond acceptors (Lipinski definition) is 7. The van der Waals surface area contributed by atoms with Crippen LogP contribution in [0.25, 0.3) is 0 Å². The number of carbonyl (C=O) groups excluding carboxylic acids is 1. The molecule has 0 heterocycles. The topological polar surface area (TPSA) is 116 Å². The summed E-state index contributed by atoms with van der Waals surface area (Å²) in [7, 11) is 5.69. The number of hydrogen-bond donors (Lipinski definition) is 2. The molecule has 0 aliphatic rings. The van der Waals surface area contributed by atoms with Crippen molar-refractivity contribution in [2.24, 2.45) is 5.10 Å². The third-order valence-corrected chi connectivity index (χ3v) is 3.81. The van der Waals surface area contributed by atoms with E-state index >= 15 is 0 Å². The molecule has 1 amide bonds. The van der Waals surface area contributed by atoms with Gasteiger partial charge in [0.15, 0.2) is 23.0 Å². The summed E-state index contributed by atoms with van der Waals surface area (Å²) in [6.45, 7) is 0. The molecule has 0 unspecified atom stereocenters. The number of nitrogens with one attached hydrogen (secondary N) is 1. The van der Waals surface area contributed by atoms with E-state index in [1.807, 2.05) is 0 Å². The largest absolute Gasteiger partial charge is 0.493 e. The van der Waals surface area contributed by atoms with Crippen LogP contribution in [0.4, 0.5) is 0 Å². The Morgan fingerprint density at radius 2 is 1.57 bits per heavy atom. The Balaban J connectivity index is 2.25. The standard InChI is InChI=1S/C19H20N2O7/c1-25-13-7-5-11(9-15(13)27-3)18(22)21-20-10-12-6-8-14(26-2)17(28-4)16(12)19(23)24/h5-10H,1-4H3,(H,21,22)(H,23,24). The molecule has 2 aromatic carbocycles. The zero-order chi connectivity index (χ0) is 20.7. The smallest absolute Gasteiger partial charge is 0.340 e. The molecule has 0 aliphatic heterocycles. The van der Waals surface area contributed by atoms with Gasteiger partial charge in [-0.3, -0.25) is 4.79 Å². The van der Waals surface area contributed by atoms with Crippen molar-refractivity contribution < 1.29 is 33.6 Å². The zero-order valence-corrected chi connectivity index (χ0v) is 15.8. The molecule has 0 bridgehead atoms. The normalized spacial score (nSPS) is 10.4. The van der Waals surface area contributed by atoms with Crippen molar-refractivity contribution in [1.82, 2.24) is 5.43 Å². The van der Waals surface area contributed by atoms with Crippen LogP contribution in [0.2, 0.25) is 0 Å². The molecule has 0 aliphatic carbocycles. The van der Waals surface area contributed by atoms with Gasteiger partial charge in [0.25, 0.3) is 5.91 Å². The number of ether oxygens (including phenoxy) is 4. The highest BCUT2D eigenvalue weighted by molar-refractivity contribution is 6.02. The number of amides is 1. The molecule has 9 nitrogen and oxygen atoms in total. The molecular weight excluding hydrogens is 368 g/mol. The maximum atomic E-state index is 12.3. The van der Waals surface area contributed by atoms with Crippen molar-refractivity contribution in [1.29, 1.82) is 0 Å². The van der Waals surface area contributed by atoms with E-state index in [1.165, 1.54) is 46.8 Å². The average molecular weight is 388 g/mol. The average Bonchev–Trinajstić information content (AvgIpc) is 2.72. The van der Waals surface area contributed by atoms with Crippen molar-refractivity contribution in [2.45, 2.75) is 0 Å². The van der Waals surface area contributed by atoms with Crippen LogP contribution in [0.5, 0.6) is 23.0 Å². The summed E-state index contributed by atoms with van der Waals surface area (Å²) in [5.41, 5.74) is 2.73. The van der Waals surface area contributed by atoms with Crippen molar-refractivity contribution in [3.63, 3.8) is 0 Å². The number of aromatic carboxylic acids is 1. The first-order chi connectivity index (χ1) is 13.5. The van der Waals surface area contributed by atoms with Crippen LogP contribution >= 0.6 is 0 Å². The predicted molar refractivity (Wildman–Crippen MR) is 101 cm³/mol.